The standard InChI is InChI=1S/C22H35N3O3/c1-4-10-19(11-5-2)17-24-14-9-12-20(22(23)28)16-18(3)25-15-8-6-7-13-21(26)27/h4,9-12,15-18,22,28H,5-8,13-14,23H2,1-3H3,(H,26,27)/b10-4-,12-9-,19-11+,20-16+,24-17?,25-15?. The highest BCUT2D eigenvalue weighted by Crippen LogP contribution is 2.06. The Morgan fingerprint density at radius 2 is 2.00 bits per heavy atom. The molecule has 0 saturated carbocycles. The van der Waals surface area contributed by atoms with Crippen LogP contribution in [0.4, 0.5) is 0 Å². The quantitative estimate of drug-likeness (QED) is 0.181. The summed E-state index contributed by atoms with van der Waals surface area (Å²) in [6.07, 6.45) is 17.3. The Labute approximate surface area is 169 Å². The van der Waals surface area contributed by atoms with Crippen molar-refractivity contribution in [3.63, 3.8) is 0 Å². The maximum atomic E-state index is 10.4. The molecule has 0 spiro atoms. The molecule has 2 unspecified atom stereocenters. The number of hydrogen-bond acceptors (Lipinski definition) is 5. The second kappa shape index (κ2) is 16.8. The molecule has 0 rings (SSSR count). The first-order valence-electron chi connectivity index (χ1n) is 9.78. The van der Waals surface area contributed by atoms with Crippen LogP contribution in [0.15, 0.2) is 57.6 Å². The minimum Gasteiger partial charge on any atom is -0.481 e. The lowest BCUT2D eigenvalue weighted by Gasteiger charge is -2.08. The van der Waals surface area contributed by atoms with Crippen LogP contribution in [0.1, 0.15) is 52.9 Å². The topological polar surface area (TPSA) is 108 Å². The zero-order chi connectivity index (χ0) is 21.2. The molecule has 0 aliphatic rings. The molecule has 0 amide bonds. The number of hydrogen-bond donors (Lipinski definition) is 3. The molecule has 0 aromatic rings. The molecule has 0 aromatic heterocycles. The lowest BCUT2D eigenvalue weighted by Crippen LogP contribution is -2.21. The first-order chi connectivity index (χ1) is 13.4. The first-order valence-corrected chi connectivity index (χ1v) is 9.78. The second-order valence-corrected chi connectivity index (χ2v) is 6.33. The van der Waals surface area contributed by atoms with Crippen LogP contribution in [0.3, 0.4) is 0 Å². The Bertz CT molecular complexity index is 615. The molecule has 6 heteroatoms. The van der Waals surface area contributed by atoms with Crippen molar-refractivity contribution in [1.29, 1.82) is 0 Å². The van der Waals surface area contributed by atoms with Gasteiger partial charge in [-0.1, -0.05) is 43.4 Å². The van der Waals surface area contributed by atoms with Crippen LogP contribution in [-0.2, 0) is 4.79 Å². The number of carboxylic acid groups (broad SMARTS) is 1. The largest absolute Gasteiger partial charge is 0.481 e. The number of carboxylic acids is 1. The molecule has 0 bridgehead atoms. The normalized spacial score (nSPS) is 16.0. The molecular formula is C22H35N3O3. The van der Waals surface area contributed by atoms with E-state index in [-0.39, 0.29) is 12.5 Å². The van der Waals surface area contributed by atoms with E-state index in [1.54, 1.807) is 18.4 Å². The predicted octanol–water partition coefficient (Wildman–Crippen LogP) is 3.83. The highest BCUT2D eigenvalue weighted by molar-refractivity contribution is 5.82. The number of rotatable bonds is 14. The third-order valence-electron chi connectivity index (χ3n) is 3.65. The summed E-state index contributed by atoms with van der Waals surface area (Å²) < 4.78 is 0. The van der Waals surface area contributed by atoms with Gasteiger partial charge in [-0.15, -0.1) is 0 Å². The molecule has 0 fully saturated rings. The Balaban J connectivity index is 4.60. The molecule has 0 heterocycles. The lowest BCUT2D eigenvalue weighted by molar-refractivity contribution is -0.137. The molecule has 0 radical (unpaired) electrons. The summed E-state index contributed by atoms with van der Waals surface area (Å²) in [6, 6.07) is -0.130. The van der Waals surface area contributed by atoms with Crippen molar-refractivity contribution < 1.29 is 15.0 Å². The molecule has 0 aromatic carbocycles. The lowest BCUT2D eigenvalue weighted by atomic mass is 10.1. The van der Waals surface area contributed by atoms with Crippen LogP contribution in [0.5, 0.6) is 0 Å². The highest BCUT2D eigenvalue weighted by Gasteiger charge is 2.03. The maximum Gasteiger partial charge on any atom is 0.303 e. The van der Waals surface area contributed by atoms with Crippen molar-refractivity contribution in [1.82, 2.24) is 0 Å². The third-order valence-corrected chi connectivity index (χ3v) is 3.65. The summed E-state index contributed by atoms with van der Waals surface area (Å²) in [5.41, 5.74) is 7.28. The summed E-state index contributed by atoms with van der Waals surface area (Å²) in [4.78, 5) is 19.2. The number of unbranched alkanes of at least 4 members (excludes halogenated alkanes) is 2. The van der Waals surface area contributed by atoms with E-state index in [9.17, 15) is 9.90 Å². The van der Waals surface area contributed by atoms with Crippen molar-refractivity contribution in [3.8, 4) is 0 Å². The number of aliphatic carboxylic acids is 1. The van der Waals surface area contributed by atoms with Gasteiger partial charge in [-0.05, 0) is 56.9 Å². The molecule has 2 atom stereocenters. The number of aliphatic hydroxyl groups is 1. The molecule has 4 N–H and O–H groups in total. The second-order valence-electron chi connectivity index (χ2n) is 6.33. The van der Waals surface area contributed by atoms with Crippen LogP contribution in [0.25, 0.3) is 0 Å². The minimum atomic E-state index is -1.08. The molecule has 0 aliphatic carbocycles. The summed E-state index contributed by atoms with van der Waals surface area (Å²) in [5, 5.41) is 18.3. The van der Waals surface area contributed by atoms with Crippen molar-refractivity contribution in [3.05, 3.63) is 47.6 Å². The minimum absolute atomic E-state index is 0.130. The van der Waals surface area contributed by atoms with E-state index in [0.717, 1.165) is 24.8 Å². The van der Waals surface area contributed by atoms with Gasteiger partial charge < -0.3 is 15.9 Å². The molecule has 6 nitrogen and oxygen atoms in total. The van der Waals surface area contributed by atoms with Gasteiger partial charge in [0.2, 0.25) is 0 Å². The molecule has 156 valence electrons. The third kappa shape index (κ3) is 14.8. The first kappa shape index (κ1) is 25.7. The molecule has 0 saturated heterocycles. The van der Waals surface area contributed by atoms with E-state index in [1.165, 1.54) is 0 Å². The molecule has 0 aliphatic heterocycles. The Morgan fingerprint density at radius 1 is 1.25 bits per heavy atom. The summed E-state index contributed by atoms with van der Waals surface area (Å²) in [7, 11) is 0. The molecular weight excluding hydrogens is 354 g/mol. The van der Waals surface area contributed by atoms with Crippen LogP contribution < -0.4 is 5.73 Å². The van der Waals surface area contributed by atoms with Crippen LogP contribution in [0.2, 0.25) is 0 Å². The van der Waals surface area contributed by atoms with E-state index in [0.29, 0.717) is 18.5 Å². The van der Waals surface area contributed by atoms with Crippen molar-refractivity contribution >= 4 is 18.4 Å². The molecule has 28 heavy (non-hydrogen) atoms. The summed E-state index contributed by atoms with van der Waals surface area (Å²) in [5.74, 6) is -0.773. The monoisotopic (exact) mass is 389 g/mol. The van der Waals surface area contributed by atoms with E-state index in [1.807, 2.05) is 38.3 Å². The van der Waals surface area contributed by atoms with E-state index in [4.69, 9.17) is 10.8 Å². The average Bonchev–Trinajstić information content (AvgIpc) is 2.63. The Morgan fingerprint density at radius 3 is 2.61 bits per heavy atom. The van der Waals surface area contributed by atoms with Crippen molar-refractivity contribution in [2.45, 2.75) is 65.1 Å². The van der Waals surface area contributed by atoms with Crippen LogP contribution in [0, 0.1) is 0 Å². The van der Waals surface area contributed by atoms with Gasteiger partial charge in [0.15, 0.2) is 0 Å². The number of carbonyl (C=O) groups is 1. The van der Waals surface area contributed by atoms with E-state index >= 15 is 0 Å². The fourth-order valence-corrected chi connectivity index (χ4v) is 2.33. The van der Waals surface area contributed by atoms with Gasteiger partial charge in [-0.3, -0.25) is 14.8 Å². The number of aliphatic imine (C=N–C) groups is 2. The number of nitrogens with zero attached hydrogens (tertiary/aromatic N) is 2. The van der Waals surface area contributed by atoms with Crippen molar-refractivity contribution in [2.24, 2.45) is 15.7 Å². The highest BCUT2D eigenvalue weighted by atomic mass is 16.4. The van der Waals surface area contributed by atoms with Crippen molar-refractivity contribution in [2.75, 3.05) is 6.54 Å². The fourth-order valence-electron chi connectivity index (χ4n) is 2.33. The maximum absolute atomic E-state index is 10.4. The number of allylic oxidation sites excluding steroid dienone is 4. The predicted molar refractivity (Wildman–Crippen MR) is 118 cm³/mol. The Hall–Kier alpha value is -2.31. The van der Waals surface area contributed by atoms with E-state index in [2.05, 4.69) is 23.0 Å². The SMILES string of the molecule is C/C=C\C(C=NC/C=C\C(=C/C(C)N=CCCCCC(=O)O)C(N)O)=C/CC. The average molecular weight is 390 g/mol. The van der Waals surface area contributed by atoms with Gasteiger partial charge in [0.1, 0.15) is 6.23 Å². The smallest absolute Gasteiger partial charge is 0.303 e. The van der Waals surface area contributed by atoms with Gasteiger partial charge in [-0.25, -0.2) is 0 Å². The van der Waals surface area contributed by atoms with Gasteiger partial charge in [-0.2, -0.15) is 0 Å². The number of aliphatic hydroxyl groups excluding tert-OH is 1. The summed E-state index contributed by atoms with van der Waals surface area (Å²) >= 11 is 0. The number of nitrogens with two attached hydrogens (primary N) is 1. The zero-order valence-corrected chi connectivity index (χ0v) is 17.3. The van der Waals surface area contributed by atoms with Crippen LogP contribution in [-0.4, -0.2) is 47.4 Å². The zero-order valence-electron chi connectivity index (χ0n) is 17.3. The van der Waals surface area contributed by atoms with Gasteiger partial charge >= 0.3 is 5.97 Å². The van der Waals surface area contributed by atoms with Gasteiger partial charge in [0.05, 0.1) is 12.6 Å². The van der Waals surface area contributed by atoms with E-state index < -0.39 is 12.2 Å². The Kier molecular flexibility index (Phi) is 15.4. The fraction of sp³-hybridized carbons (Fsp3) is 0.500. The summed E-state index contributed by atoms with van der Waals surface area (Å²) in [6.45, 7) is 6.44. The van der Waals surface area contributed by atoms with Gasteiger partial charge in [0, 0.05) is 12.6 Å². The van der Waals surface area contributed by atoms with Gasteiger partial charge in [0.25, 0.3) is 0 Å². The van der Waals surface area contributed by atoms with Crippen LogP contribution >= 0.6 is 0 Å².